The van der Waals surface area contributed by atoms with E-state index in [0.29, 0.717) is 0 Å². The van der Waals surface area contributed by atoms with Crippen LogP contribution in [0, 0.1) is 17.8 Å². The molecule has 0 bridgehead atoms. The zero-order valence-corrected chi connectivity index (χ0v) is 8.49. The van der Waals surface area contributed by atoms with Gasteiger partial charge >= 0.3 is 0 Å². The van der Waals surface area contributed by atoms with Crippen molar-refractivity contribution in [3.8, 4) is 0 Å². The highest BCUT2D eigenvalue weighted by Crippen LogP contribution is 2.34. The van der Waals surface area contributed by atoms with Crippen LogP contribution in [0.2, 0.25) is 0 Å². The first-order chi connectivity index (χ1) is 7.02. The van der Waals surface area contributed by atoms with Gasteiger partial charge in [-0.25, -0.2) is 0 Å². The van der Waals surface area contributed by atoms with E-state index < -0.39 is 11.8 Å². The SMILES string of the molecule is CC1CC(=O)C(C2C(=O)CCC2=O)C1=O. The zero-order valence-electron chi connectivity index (χ0n) is 8.49. The van der Waals surface area contributed by atoms with Crippen molar-refractivity contribution in [1.82, 2.24) is 0 Å². The number of rotatable bonds is 1. The molecule has 0 N–H and O–H groups in total. The number of hydrogen-bond donors (Lipinski definition) is 0. The monoisotopic (exact) mass is 208 g/mol. The third-order valence-electron chi connectivity index (χ3n) is 3.29. The molecule has 15 heavy (non-hydrogen) atoms. The van der Waals surface area contributed by atoms with Crippen LogP contribution in [0.4, 0.5) is 0 Å². The molecule has 0 aromatic carbocycles. The Balaban J connectivity index is 2.30. The van der Waals surface area contributed by atoms with Crippen molar-refractivity contribution >= 4 is 23.1 Å². The highest BCUT2D eigenvalue weighted by Gasteiger charge is 2.50. The summed E-state index contributed by atoms with van der Waals surface area (Å²) in [6.07, 6.45) is 0.560. The van der Waals surface area contributed by atoms with Crippen molar-refractivity contribution in [3.05, 3.63) is 0 Å². The van der Waals surface area contributed by atoms with E-state index in [9.17, 15) is 19.2 Å². The smallest absolute Gasteiger partial charge is 0.147 e. The molecular weight excluding hydrogens is 196 g/mol. The average molecular weight is 208 g/mol. The van der Waals surface area contributed by atoms with E-state index >= 15 is 0 Å². The molecule has 0 aromatic rings. The van der Waals surface area contributed by atoms with Crippen molar-refractivity contribution < 1.29 is 19.2 Å². The standard InChI is InChI=1S/C11H12O4/c1-5-4-8(14)10(11(5)15)9-6(12)2-3-7(9)13/h5,9-10H,2-4H2,1H3. The molecule has 2 atom stereocenters. The fourth-order valence-corrected chi connectivity index (χ4v) is 2.45. The number of Topliss-reactive ketones (excluding diaryl/α,β-unsaturated/α-hetero) is 4. The fraction of sp³-hybridized carbons (Fsp3) is 0.636. The number of hydrogen-bond acceptors (Lipinski definition) is 4. The van der Waals surface area contributed by atoms with Crippen LogP contribution in [0.25, 0.3) is 0 Å². The zero-order chi connectivity index (χ0) is 11.2. The summed E-state index contributed by atoms with van der Waals surface area (Å²) in [5.74, 6) is -3.17. The Morgan fingerprint density at radius 2 is 1.40 bits per heavy atom. The highest BCUT2D eigenvalue weighted by atomic mass is 16.2. The third kappa shape index (κ3) is 1.44. The molecule has 0 aromatic heterocycles. The molecule has 2 saturated carbocycles. The molecule has 4 nitrogen and oxygen atoms in total. The fourth-order valence-electron chi connectivity index (χ4n) is 2.45. The van der Waals surface area contributed by atoms with Gasteiger partial charge in [-0.3, -0.25) is 19.2 Å². The van der Waals surface area contributed by atoms with Crippen molar-refractivity contribution in [3.63, 3.8) is 0 Å². The van der Waals surface area contributed by atoms with Gasteiger partial charge in [-0.05, 0) is 0 Å². The van der Waals surface area contributed by atoms with E-state index in [-0.39, 0.29) is 48.3 Å². The van der Waals surface area contributed by atoms with Gasteiger partial charge in [0.05, 0.1) is 11.8 Å². The maximum Gasteiger partial charge on any atom is 0.147 e. The quantitative estimate of drug-likeness (QED) is 0.582. The van der Waals surface area contributed by atoms with Gasteiger partial charge in [0, 0.05) is 25.2 Å². The molecule has 2 aliphatic carbocycles. The Hall–Kier alpha value is -1.32. The second kappa shape index (κ2) is 3.36. The molecule has 2 fully saturated rings. The second-order valence-corrected chi connectivity index (χ2v) is 4.36. The summed E-state index contributed by atoms with van der Waals surface area (Å²) in [6.45, 7) is 1.67. The minimum absolute atomic E-state index is 0.181. The minimum atomic E-state index is -0.956. The maximum atomic E-state index is 11.7. The molecule has 0 aliphatic heterocycles. The van der Waals surface area contributed by atoms with E-state index in [0.717, 1.165) is 0 Å². The Morgan fingerprint density at radius 3 is 1.80 bits per heavy atom. The first kappa shape index (κ1) is 10.2. The van der Waals surface area contributed by atoms with Crippen LogP contribution in [-0.4, -0.2) is 23.1 Å². The summed E-state index contributed by atoms with van der Waals surface area (Å²) in [6, 6.07) is 0. The molecule has 0 amide bonds. The summed E-state index contributed by atoms with van der Waals surface area (Å²) < 4.78 is 0. The summed E-state index contributed by atoms with van der Waals surface area (Å²) in [4.78, 5) is 46.1. The number of carbonyl (C=O) groups is 4. The van der Waals surface area contributed by atoms with Crippen LogP contribution in [0.15, 0.2) is 0 Å². The maximum absolute atomic E-state index is 11.7. The topological polar surface area (TPSA) is 68.3 Å². The molecular formula is C11H12O4. The third-order valence-corrected chi connectivity index (χ3v) is 3.29. The van der Waals surface area contributed by atoms with Crippen LogP contribution >= 0.6 is 0 Å². The van der Waals surface area contributed by atoms with Crippen molar-refractivity contribution in [2.75, 3.05) is 0 Å². The predicted octanol–water partition coefficient (Wildman–Crippen LogP) is 0.329. The molecule has 0 heterocycles. The first-order valence-corrected chi connectivity index (χ1v) is 5.14. The van der Waals surface area contributed by atoms with E-state index in [1.54, 1.807) is 6.92 Å². The number of ketones is 4. The van der Waals surface area contributed by atoms with Gasteiger partial charge in [0.25, 0.3) is 0 Å². The Bertz CT molecular complexity index is 353. The van der Waals surface area contributed by atoms with Crippen LogP contribution < -0.4 is 0 Å². The minimum Gasteiger partial charge on any atom is -0.299 e. The van der Waals surface area contributed by atoms with E-state index in [1.807, 2.05) is 0 Å². The largest absolute Gasteiger partial charge is 0.299 e. The van der Waals surface area contributed by atoms with Gasteiger partial charge in [0.15, 0.2) is 0 Å². The lowest BCUT2D eigenvalue weighted by Crippen LogP contribution is -2.32. The van der Waals surface area contributed by atoms with Gasteiger partial charge in [-0.1, -0.05) is 6.92 Å². The lowest BCUT2D eigenvalue weighted by Gasteiger charge is -2.12. The molecule has 4 heteroatoms. The summed E-state index contributed by atoms with van der Waals surface area (Å²) in [7, 11) is 0. The Morgan fingerprint density at radius 1 is 0.867 bits per heavy atom. The average Bonchev–Trinajstić information content (AvgIpc) is 2.59. The molecule has 0 spiro atoms. The Kier molecular flexibility index (Phi) is 2.29. The predicted molar refractivity (Wildman–Crippen MR) is 50.0 cm³/mol. The van der Waals surface area contributed by atoms with Crippen LogP contribution in [0.3, 0.4) is 0 Å². The second-order valence-electron chi connectivity index (χ2n) is 4.36. The lowest BCUT2D eigenvalue weighted by atomic mass is 9.86. The summed E-state index contributed by atoms with van der Waals surface area (Å²) >= 11 is 0. The van der Waals surface area contributed by atoms with E-state index in [1.165, 1.54) is 0 Å². The van der Waals surface area contributed by atoms with Crippen molar-refractivity contribution in [2.45, 2.75) is 26.2 Å². The molecule has 0 radical (unpaired) electrons. The van der Waals surface area contributed by atoms with Gasteiger partial charge in [-0.2, -0.15) is 0 Å². The van der Waals surface area contributed by atoms with Crippen LogP contribution in [0.5, 0.6) is 0 Å². The van der Waals surface area contributed by atoms with Crippen molar-refractivity contribution in [2.24, 2.45) is 17.8 Å². The summed E-state index contributed by atoms with van der Waals surface area (Å²) in [5, 5.41) is 0. The molecule has 2 aliphatic rings. The highest BCUT2D eigenvalue weighted by molar-refractivity contribution is 6.20. The van der Waals surface area contributed by atoms with E-state index in [2.05, 4.69) is 0 Å². The van der Waals surface area contributed by atoms with Crippen LogP contribution in [-0.2, 0) is 19.2 Å². The molecule has 2 unspecified atom stereocenters. The van der Waals surface area contributed by atoms with Crippen LogP contribution in [0.1, 0.15) is 26.2 Å². The first-order valence-electron chi connectivity index (χ1n) is 5.14. The number of carbonyl (C=O) groups excluding carboxylic acids is 4. The Labute approximate surface area is 87.0 Å². The van der Waals surface area contributed by atoms with Gasteiger partial charge in [0.1, 0.15) is 23.1 Å². The summed E-state index contributed by atoms with van der Waals surface area (Å²) in [5.41, 5.74) is 0. The van der Waals surface area contributed by atoms with Gasteiger partial charge < -0.3 is 0 Å². The van der Waals surface area contributed by atoms with Crippen molar-refractivity contribution in [1.29, 1.82) is 0 Å². The van der Waals surface area contributed by atoms with Gasteiger partial charge in [0.2, 0.25) is 0 Å². The molecule has 0 saturated heterocycles. The lowest BCUT2D eigenvalue weighted by molar-refractivity contribution is -0.140. The normalized spacial score (nSPS) is 33.1. The van der Waals surface area contributed by atoms with Gasteiger partial charge in [-0.15, -0.1) is 0 Å². The molecule has 2 rings (SSSR count). The molecule has 80 valence electrons. The van der Waals surface area contributed by atoms with E-state index in [4.69, 9.17) is 0 Å².